The fourth-order valence-corrected chi connectivity index (χ4v) is 3.69. The third kappa shape index (κ3) is 2.34. The molecular weight excluding hydrogens is 293 g/mol. The molecule has 2 aliphatic heterocycles. The molecule has 2 aromatic carbocycles. The number of hydrogen-bond acceptors (Lipinski definition) is 3. The minimum absolute atomic E-state index is 0.337. The molecule has 0 amide bonds. The van der Waals surface area contributed by atoms with Gasteiger partial charge in [0.15, 0.2) is 0 Å². The van der Waals surface area contributed by atoms with Crippen LogP contribution in [0, 0.1) is 5.82 Å². The highest BCUT2D eigenvalue weighted by atomic mass is 19.1. The van der Waals surface area contributed by atoms with Crippen molar-refractivity contribution in [2.24, 2.45) is 0 Å². The highest BCUT2D eigenvalue weighted by molar-refractivity contribution is 5.96. The van der Waals surface area contributed by atoms with Crippen LogP contribution in [0.25, 0.3) is 0 Å². The second-order valence-electron chi connectivity index (χ2n) is 6.24. The lowest BCUT2D eigenvalue weighted by Crippen LogP contribution is -2.40. The van der Waals surface area contributed by atoms with E-state index in [1.165, 1.54) is 6.07 Å². The molecule has 3 nitrogen and oxygen atoms in total. The van der Waals surface area contributed by atoms with Crippen LogP contribution in [0.3, 0.4) is 0 Å². The molecule has 0 atom stereocenters. The van der Waals surface area contributed by atoms with Gasteiger partial charge in [-0.25, -0.2) is 9.18 Å². The maximum Gasteiger partial charge on any atom is 0.339 e. The molecule has 2 heterocycles. The van der Waals surface area contributed by atoms with Crippen molar-refractivity contribution >= 4 is 5.97 Å². The molecule has 1 saturated heterocycles. The molecule has 1 fully saturated rings. The van der Waals surface area contributed by atoms with Gasteiger partial charge in [-0.1, -0.05) is 36.4 Å². The van der Waals surface area contributed by atoms with Crippen LogP contribution in [-0.2, 0) is 16.8 Å². The standard InChI is InChI=1S/C19H18FNO2/c20-16-7-6-15-17(14(16)12-13-4-2-1-3-5-13)18(22)23-19(15)8-10-21-11-9-19/h1-7,21H,8-12H2. The van der Waals surface area contributed by atoms with Crippen molar-refractivity contribution < 1.29 is 13.9 Å². The topological polar surface area (TPSA) is 38.3 Å². The van der Waals surface area contributed by atoms with Gasteiger partial charge >= 0.3 is 5.97 Å². The Morgan fingerprint density at radius 1 is 1.09 bits per heavy atom. The van der Waals surface area contributed by atoms with Crippen LogP contribution in [0.5, 0.6) is 0 Å². The first-order chi connectivity index (χ1) is 11.2. The van der Waals surface area contributed by atoms with E-state index in [1.807, 2.05) is 30.3 Å². The number of esters is 1. The Balaban J connectivity index is 1.81. The van der Waals surface area contributed by atoms with Crippen molar-refractivity contribution in [3.05, 3.63) is 70.5 Å². The maximum absolute atomic E-state index is 14.4. The summed E-state index contributed by atoms with van der Waals surface area (Å²) in [5.41, 5.74) is 2.16. The van der Waals surface area contributed by atoms with Crippen molar-refractivity contribution in [1.82, 2.24) is 5.32 Å². The van der Waals surface area contributed by atoms with Gasteiger partial charge in [0.05, 0.1) is 5.56 Å². The zero-order valence-electron chi connectivity index (χ0n) is 12.8. The molecule has 0 saturated carbocycles. The first-order valence-corrected chi connectivity index (χ1v) is 7.99. The second-order valence-corrected chi connectivity index (χ2v) is 6.24. The van der Waals surface area contributed by atoms with Crippen LogP contribution >= 0.6 is 0 Å². The molecule has 2 aliphatic rings. The molecule has 1 spiro atoms. The second kappa shape index (κ2) is 5.46. The van der Waals surface area contributed by atoms with E-state index in [-0.39, 0.29) is 11.8 Å². The molecule has 118 valence electrons. The van der Waals surface area contributed by atoms with Gasteiger partial charge in [-0.15, -0.1) is 0 Å². The van der Waals surface area contributed by atoms with Crippen LogP contribution < -0.4 is 5.32 Å². The van der Waals surface area contributed by atoms with Crippen LogP contribution in [0.4, 0.5) is 4.39 Å². The van der Waals surface area contributed by atoms with Crippen molar-refractivity contribution in [3.8, 4) is 0 Å². The number of hydrogen-bond donors (Lipinski definition) is 1. The number of halogens is 1. The summed E-state index contributed by atoms with van der Waals surface area (Å²) in [4.78, 5) is 12.5. The van der Waals surface area contributed by atoms with E-state index in [0.29, 0.717) is 17.5 Å². The summed E-state index contributed by atoms with van der Waals surface area (Å²) in [6, 6.07) is 12.9. The lowest BCUT2D eigenvalue weighted by molar-refractivity contribution is -0.0241. The van der Waals surface area contributed by atoms with Crippen molar-refractivity contribution in [3.63, 3.8) is 0 Å². The summed E-state index contributed by atoms with van der Waals surface area (Å²) in [5.74, 6) is -0.720. The van der Waals surface area contributed by atoms with Gasteiger partial charge in [-0.2, -0.15) is 0 Å². The summed E-state index contributed by atoms with van der Waals surface area (Å²) >= 11 is 0. The average molecular weight is 311 g/mol. The summed E-state index contributed by atoms with van der Waals surface area (Å²) in [5, 5.41) is 3.28. The Bertz CT molecular complexity index is 751. The average Bonchev–Trinajstić information content (AvgIpc) is 2.84. The number of carbonyl (C=O) groups excluding carboxylic acids is 1. The van der Waals surface area contributed by atoms with Crippen LogP contribution in [0.2, 0.25) is 0 Å². The van der Waals surface area contributed by atoms with E-state index >= 15 is 0 Å². The zero-order valence-corrected chi connectivity index (χ0v) is 12.8. The van der Waals surface area contributed by atoms with Crippen LogP contribution in [-0.4, -0.2) is 19.1 Å². The molecule has 0 aromatic heterocycles. The predicted molar refractivity (Wildman–Crippen MR) is 84.8 cm³/mol. The van der Waals surface area contributed by atoms with E-state index in [1.54, 1.807) is 6.07 Å². The minimum atomic E-state index is -0.573. The minimum Gasteiger partial charge on any atom is -0.450 e. The Hall–Kier alpha value is -2.20. The number of ether oxygens (including phenoxy) is 1. The first kappa shape index (κ1) is 14.4. The smallest absolute Gasteiger partial charge is 0.339 e. The monoisotopic (exact) mass is 311 g/mol. The molecule has 0 unspecified atom stereocenters. The molecule has 1 N–H and O–H groups in total. The lowest BCUT2D eigenvalue weighted by atomic mass is 9.82. The maximum atomic E-state index is 14.4. The molecule has 23 heavy (non-hydrogen) atoms. The van der Waals surface area contributed by atoms with Gasteiger partial charge < -0.3 is 10.1 Å². The highest BCUT2D eigenvalue weighted by Crippen LogP contribution is 2.44. The number of piperidine rings is 1. The number of rotatable bonds is 2. The van der Waals surface area contributed by atoms with Crippen molar-refractivity contribution in [2.75, 3.05) is 13.1 Å². The van der Waals surface area contributed by atoms with Gasteiger partial charge in [0.25, 0.3) is 0 Å². The van der Waals surface area contributed by atoms with Crippen molar-refractivity contribution in [1.29, 1.82) is 0 Å². The lowest BCUT2D eigenvalue weighted by Gasteiger charge is -2.33. The normalized spacial score (nSPS) is 18.7. The molecule has 4 rings (SSSR count). The Morgan fingerprint density at radius 3 is 2.57 bits per heavy atom. The zero-order chi connectivity index (χ0) is 15.9. The van der Waals surface area contributed by atoms with Crippen LogP contribution in [0.15, 0.2) is 42.5 Å². The summed E-state index contributed by atoms with van der Waals surface area (Å²) < 4.78 is 20.2. The summed E-state index contributed by atoms with van der Waals surface area (Å²) in [7, 11) is 0. The fraction of sp³-hybridized carbons (Fsp3) is 0.316. The SMILES string of the molecule is O=C1OC2(CCNCC2)c2ccc(F)c(Cc3ccccc3)c21. The molecule has 0 aliphatic carbocycles. The Morgan fingerprint density at radius 2 is 1.83 bits per heavy atom. The van der Waals surface area contributed by atoms with E-state index in [4.69, 9.17) is 4.74 Å². The fourth-order valence-electron chi connectivity index (χ4n) is 3.69. The van der Waals surface area contributed by atoms with Gasteiger partial charge in [0.1, 0.15) is 11.4 Å². The summed E-state index contributed by atoms with van der Waals surface area (Å²) in [6.07, 6.45) is 1.88. The molecular formula is C19H18FNO2. The summed E-state index contributed by atoms with van der Waals surface area (Å²) in [6.45, 7) is 1.61. The quantitative estimate of drug-likeness (QED) is 0.866. The first-order valence-electron chi connectivity index (χ1n) is 7.99. The van der Waals surface area contributed by atoms with Crippen molar-refractivity contribution in [2.45, 2.75) is 24.9 Å². The third-order valence-electron chi connectivity index (χ3n) is 4.87. The predicted octanol–water partition coefficient (Wildman–Crippen LogP) is 3.17. The molecule has 0 radical (unpaired) electrons. The molecule has 2 aromatic rings. The third-order valence-corrected chi connectivity index (χ3v) is 4.87. The molecule has 4 heteroatoms. The van der Waals surface area contributed by atoms with E-state index < -0.39 is 5.60 Å². The highest BCUT2D eigenvalue weighted by Gasteiger charge is 2.47. The number of fused-ring (bicyclic) bond motifs is 2. The Labute approximate surface area is 134 Å². The van der Waals surface area contributed by atoms with Gasteiger partial charge in [-0.3, -0.25) is 0 Å². The van der Waals surface area contributed by atoms with Gasteiger partial charge in [0, 0.05) is 30.4 Å². The van der Waals surface area contributed by atoms with E-state index in [2.05, 4.69) is 5.32 Å². The largest absolute Gasteiger partial charge is 0.450 e. The Kier molecular flexibility index (Phi) is 3.42. The molecule has 0 bridgehead atoms. The van der Waals surface area contributed by atoms with Gasteiger partial charge in [0.2, 0.25) is 0 Å². The van der Waals surface area contributed by atoms with Gasteiger partial charge in [-0.05, 0) is 24.7 Å². The van der Waals surface area contributed by atoms with Crippen LogP contribution in [0.1, 0.15) is 39.9 Å². The number of nitrogens with one attached hydrogen (secondary N) is 1. The number of carbonyl (C=O) groups is 1. The van der Waals surface area contributed by atoms with E-state index in [0.717, 1.165) is 37.1 Å². The number of benzene rings is 2. The van der Waals surface area contributed by atoms with E-state index in [9.17, 15) is 9.18 Å².